The summed E-state index contributed by atoms with van der Waals surface area (Å²) in [6.45, 7) is 6.60. The standard InChI is InChI=1S/C21H25N3O/c1-15(2)21(25)22-14-13-20-23-18-11-7-8-12-19(18)24(20)16(3)17-9-5-4-6-10-17/h4-12,15-16H,13-14H2,1-3H3,(H,22,25)/t16-/m0/s1. The third kappa shape index (κ3) is 3.73. The molecule has 25 heavy (non-hydrogen) atoms. The van der Waals surface area contributed by atoms with Gasteiger partial charge in [-0.2, -0.15) is 0 Å². The highest BCUT2D eigenvalue weighted by Gasteiger charge is 2.17. The van der Waals surface area contributed by atoms with Gasteiger partial charge in [-0.15, -0.1) is 0 Å². The predicted octanol–water partition coefficient (Wildman–Crippen LogP) is 3.96. The molecule has 4 nitrogen and oxygen atoms in total. The van der Waals surface area contributed by atoms with Crippen LogP contribution in [0, 0.1) is 5.92 Å². The maximum absolute atomic E-state index is 11.8. The minimum Gasteiger partial charge on any atom is -0.355 e. The first-order valence-electron chi connectivity index (χ1n) is 8.86. The predicted molar refractivity (Wildman–Crippen MR) is 102 cm³/mol. The number of nitrogens with zero attached hydrogens (tertiary/aromatic N) is 2. The van der Waals surface area contributed by atoms with E-state index in [9.17, 15) is 4.79 Å². The topological polar surface area (TPSA) is 46.9 Å². The molecule has 0 aliphatic rings. The maximum Gasteiger partial charge on any atom is 0.222 e. The van der Waals surface area contributed by atoms with E-state index >= 15 is 0 Å². The largest absolute Gasteiger partial charge is 0.355 e. The second kappa shape index (κ2) is 7.51. The molecule has 0 spiro atoms. The molecule has 2 aromatic carbocycles. The first-order chi connectivity index (χ1) is 12.1. The molecule has 0 aliphatic heterocycles. The van der Waals surface area contributed by atoms with Gasteiger partial charge in [0.05, 0.1) is 17.1 Å². The van der Waals surface area contributed by atoms with Gasteiger partial charge in [0.15, 0.2) is 0 Å². The zero-order chi connectivity index (χ0) is 17.8. The van der Waals surface area contributed by atoms with Crippen LogP contribution in [0.3, 0.4) is 0 Å². The highest BCUT2D eigenvalue weighted by Crippen LogP contribution is 2.26. The van der Waals surface area contributed by atoms with E-state index in [4.69, 9.17) is 4.98 Å². The monoisotopic (exact) mass is 335 g/mol. The number of hydrogen-bond donors (Lipinski definition) is 1. The Labute approximate surface area is 148 Å². The van der Waals surface area contributed by atoms with Crippen LogP contribution >= 0.6 is 0 Å². The number of benzene rings is 2. The van der Waals surface area contributed by atoms with Gasteiger partial charge in [0.1, 0.15) is 5.82 Å². The lowest BCUT2D eigenvalue weighted by Gasteiger charge is -2.18. The van der Waals surface area contributed by atoms with Crippen LogP contribution in [0.5, 0.6) is 0 Å². The summed E-state index contributed by atoms with van der Waals surface area (Å²) in [7, 11) is 0. The van der Waals surface area contributed by atoms with Gasteiger partial charge < -0.3 is 9.88 Å². The smallest absolute Gasteiger partial charge is 0.222 e. The van der Waals surface area contributed by atoms with Crippen molar-refractivity contribution in [2.24, 2.45) is 5.92 Å². The van der Waals surface area contributed by atoms with Crippen molar-refractivity contribution in [3.8, 4) is 0 Å². The van der Waals surface area contributed by atoms with E-state index in [1.54, 1.807) is 0 Å². The molecule has 0 saturated carbocycles. The summed E-state index contributed by atoms with van der Waals surface area (Å²) in [6, 6.07) is 18.8. The average Bonchev–Trinajstić information content (AvgIpc) is 2.99. The van der Waals surface area contributed by atoms with Crippen molar-refractivity contribution in [1.29, 1.82) is 0 Å². The van der Waals surface area contributed by atoms with Crippen molar-refractivity contribution in [1.82, 2.24) is 14.9 Å². The van der Waals surface area contributed by atoms with E-state index in [1.165, 1.54) is 5.56 Å². The fourth-order valence-electron chi connectivity index (χ4n) is 3.09. The SMILES string of the molecule is CC(C)C(=O)NCCc1nc2ccccc2n1[C@@H](C)c1ccccc1. The summed E-state index contributed by atoms with van der Waals surface area (Å²) < 4.78 is 2.28. The molecule has 0 saturated heterocycles. The summed E-state index contributed by atoms with van der Waals surface area (Å²) in [6.07, 6.45) is 0.713. The first-order valence-corrected chi connectivity index (χ1v) is 8.86. The number of hydrogen-bond acceptors (Lipinski definition) is 2. The number of amides is 1. The van der Waals surface area contributed by atoms with E-state index in [-0.39, 0.29) is 17.9 Å². The lowest BCUT2D eigenvalue weighted by atomic mass is 10.1. The van der Waals surface area contributed by atoms with Gasteiger partial charge in [0.25, 0.3) is 0 Å². The molecule has 0 unspecified atom stereocenters. The Morgan fingerprint density at radius 2 is 1.72 bits per heavy atom. The molecule has 1 amide bonds. The summed E-state index contributed by atoms with van der Waals surface area (Å²) >= 11 is 0. The van der Waals surface area contributed by atoms with Crippen molar-refractivity contribution in [3.63, 3.8) is 0 Å². The Bertz CT molecular complexity index is 852. The van der Waals surface area contributed by atoms with Gasteiger partial charge in [0.2, 0.25) is 5.91 Å². The molecule has 3 rings (SSSR count). The normalized spacial score (nSPS) is 12.5. The number of nitrogens with one attached hydrogen (secondary N) is 1. The minimum atomic E-state index is 0.00191. The number of rotatable bonds is 6. The lowest BCUT2D eigenvalue weighted by Crippen LogP contribution is -2.30. The van der Waals surface area contributed by atoms with Crippen molar-refractivity contribution in [3.05, 3.63) is 66.0 Å². The number of para-hydroxylation sites is 2. The molecule has 1 heterocycles. The summed E-state index contributed by atoms with van der Waals surface area (Å²) in [5, 5.41) is 2.99. The Kier molecular flexibility index (Phi) is 5.17. The van der Waals surface area contributed by atoms with Crippen molar-refractivity contribution < 1.29 is 4.79 Å². The molecule has 1 aromatic heterocycles. The van der Waals surface area contributed by atoms with Gasteiger partial charge in [-0.1, -0.05) is 56.3 Å². The Morgan fingerprint density at radius 1 is 1.04 bits per heavy atom. The van der Waals surface area contributed by atoms with E-state index < -0.39 is 0 Å². The molecule has 130 valence electrons. The van der Waals surface area contributed by atoms with Crippen LogP contribution in [-0.4, -0.2) is 22.0 Å². The van der Waals surface area contributed by atoms with E-state index in [0.717, 1.165) is 16.9 Å². The van der Waals surface area contributed by atoms with Gasteiger partial charge >= 0.3 is 0 Å². The van der Waals surface area contributed by atoms with Crippen molar-refractivity contribution >= 4 is 16.9 Å². The zero-order valence-corrected chi connectivity index (χ0v) is 15.1. The Hall–Kier alpha value is -2.62. The van der Waals surface area contributed by atoms with Crippen LogP contribution in [0.1, 0.15) is 38.2 Å². The Morgan fingerprint density at radius 3 is 2.44 bits per heavy atom. The third-order valence-corrected chi connectivity index (χ3v) is 4.51. The molecule has 1 N–H and O–H groups in total. The zero-order valence-electron chi connectivity index (χ0n) is 15.1. The number of aromatic nitrogens is 2. The van der Waals surface area contributed by atoms with Gasteiger partial charge in [-0.3, -0.25) is 4.79 Å². The molecule has 0 aliphatic carbocycles. The van der Waals surface area contributed by atoms with E-state index in [2.05, 4.69) is 47.1 Å². The molecule has 0 fully saturated rings. The average molecular weight is 335 g/mol. The number of carbonyl (C=O) groups is 1. The molecule has 3 aromatic rings. The second-order valence-corrected chi connectivity index (χ2v) is 6.67. The van der Waals surface area contributed by atoms with Crippen LogP contribution in [-0.2, 0) is 11.2 Å². The van der Waals surface area contributed by atoms with Gasteiger partial charge in [0, 0.05) is 18.9 Å². The lowest BCUT2D eigenvalue weighted by molar-refractivity contribution is -0.123. The summed E-state index contributed by atoms with van der Waals surface area (Å²) in [5.74, 6) is 1.09. The van der Waals surface area contributed by atoms with Crippen molar-refractivity contribution in [2.75, 3.05) is 6.54 Å². The molecule has 0 bridgehead atoms. The van der Waals surface area contributed by atoms with E-state index in [0.29, 0.717) is 13.0 Å². The van der Waals surface area contributed by atoms with Crippen LogP contribution in [0.2, 0.25) is 0 Å². The molecule has 1 atom stereocenters. The first kappa shape index (κ1) is 17.2. The fraction of sp³-hybridized carbons (Fsp3) is 0.333. The maximum atomic E-state index is 11.8. The molecule has 4 heteroatoms. The van der Waals surface area contributed by atoms with Gasteiger partial charge in [-0.25, -0.2) is 4.98 Å². The number of carbonyl (C=O) groups excluding carboxylic acids is 1. The fourth-order valence-corrected chi connectivity index (χ4v) is 3.09. The van der Waals surface area contributed by atoms with E-state index in [1.807, 2.05) is 38.1 Å². The quantitative estimate of drug-likeness (QED) is 0.741. The highest BCUT2D eigenvalue weighted by molar-refractivity contribution is 5.78. The van der Waals surface area contributed by atoms with Crippen LogP contribution < -0.4 is 5.32 Å². The molecular weight excluding hydrogens is 310 g/mol. The number of imidazole rings is 1. The molecular formula is C21H25N3O. The van der Waals surface area contributed by atoms with Gasteiger partial charge in [-0.05, 0) is 24.6 Å². The summed E-state index contributed by atoms with van der Waals surface area (Å²) in [5.41, 5.74) is 3.37. The number of fused-ring (bicyclic) bond motifs is 1. The highest BCUT2D eigenvalue weighted by atomic mass is 16.1. The second-order valence-electron chi connectivity index (χ2n) is 6.67. The van der Waals surface area contributed by atoms with Crippen LogP contribution in [0.25, 0.3) is 11.0 Å². The van der Waals surface area contributed by atoms with Crippen LogP contribution in [0.15, 0.2) is 54.6 Å². The Balaban J connectivity index is 1.91. The van der Waals surface area contributed by atoms with Crippen LogP contribution in [0.4, 0.5) is 0 Å². The minimum absolute atomic E-state index is 0.00191. The third-order valence-electron chi connectivity index (χ3n) is 4.51. The molecule has 0 radical (unpaired) electrons. The van der Waals surface area contributed by atoms with Crippen molar-refractivity contribution in [2.45, 2.75) is 33.2 Å². The summed E-state index contributed by atoms with van der Waals surface area (Å²) in [4.78, 5) is 16.6.